The second kappa shape index (κ2) is 7.27. The fraction of sp³-hybridized carbons (Fsp3) is 0.235. The number of halogens is 1. The molecule has 0 unspecified atom stereocenters. The quantitative estimate of drug-likeness (QED) is 0.894. The monoisotopic (exact) mass is 347 g/mol. The molecule has 0 heterocycles. The van der Waals surface area contributed by atoms with Crippen molar-refractivity contribution in [2.24, 2.45) is 0 Å². The van der Waals surface area contributed by atoms with E-state index in [0.29, 0.717) is 12.1 Å². The third kappa shape index (κ3) is 4.33. The Morgan fingerprint density at radius 1 is 1.19 bits per heavy atom. The van der Waals surface area contributed by atoms with Gasteiger partial charge < -0.3 is 10.1 Å². The molecule has 110 valence electrons. The van der Waals surface area contributed by atoms with Crippen LogP contribution < -0.4 is 10.1 Å². The summed E-state index contributed by atoms with van der Waals surface area (Å²) in [4.78, 5) is 12.1. The SMILES string of the molecule is COc1ccc(CCNC(=O)c2ccc(C)cc2Br)cc1. The van der Waals surface area contributed by atoms with Crippen molar-refractivity contribution in [3.8, 4) is 5.75 Å². The number of amides is 1. The lowest BCUT2D eigenvalue weighted by molar-refractivity contribution is 0.0953. The van der Waals surface area contributed by atoms with Crippen LogP contribution in [0.1, 0.15) is 21.5 Å². The lowest BCUT2D eigenvalue weighted by atomic mass is 10.1. The maximum absolute atomic E-state index is 12.1. The molecule has 1 amide bonds. The maximum Gasteiger partial charge on any atom is 0.252 e. The molecular formula is C17H18BrNO2. The summed E-state index contributed by atoms with van der Waals surface area (Å²) in [7, 11) is 1.65. The van der Waals surface area contributed by atoms with Crippen LogP contribution in [0, 0.1) is 6.92 Å². The summed E-state index contributed by atoms with van der Waals surface area (Å²) in [6, 6.07) is 13.6. The minimum atomic E-state index is -0.0598. The van der Waals surface area contributed by atoms with Crippen molar-refractivity contribution in [1.82, 2.24) is 5.32 Å². The number of nitrogens with one attached hydrogen (secondary N) is 1. The first-order valence-electron chi connectivity index (χ1n) is 6.77. The van der Waals surface area contributed by atoms with Crippen molar-refractivity contribution in [2.45, 2.75) is 13.3 Å². The van der Waals surface area contributed by atoms with E-state index in [0.717, 1.165) is 22.2 Å². The molecule has 0 atom stereocenters. The second-order valence-corrected chi connectivity index (χ2v) is 5.69. The fourth-order valence-electron chi connectivity index (χ4n) is 2.01. The Hall–Kier alpha value is -1.81. The molecule has 0 spiro atoms. The van der Waals surface area contributed by atoms with Gasteiger partial charge in [0.15, 0.2) is 0 Å². The van der Waals surface area contributed by atoms with Crippen molar-refractivity contribution in [3.63, 3.8) is 0 Å². The first-order valence-corrected chi connectivity index (χ1v) is 7.56. The highest BCUT2D eigenvalue weighted by atomic mass is 79.9. The first kappa shape index (κ1) is 15.6. The van der Waals surface area contributed by atoms with Crippen molar-refractivity contribution in [2.75, 3.05) is 13.7 Å². The predicted octanol–water partition coefficient (Wildman–Crippen LogP) is 3.74. The second-order valence-electron chi connectivity index (χ2n) is 4.84. The number of carbonyl (C=O) groups is 1. The highest BCUT2D eigenvalue weighted by Gasteiger charge is 2.09. The van der Waals surface area contributed by atoms with Crippen LogP contribution in [0.5, 0.6) is 5.75 Å². The molecule has 0 fully saturated rings. The molecule has 2 rings (SSSR count). The Kier molecular flexibility index (Phi) is 5.39. The van der Waals surface area contributed by atoms with Crippen LogP contribution in [0.4, 0.5) is 0 Å². The maximum atomic E-state index is 12.1. The number of hydrogen-bond acceptors (Lipinski definition) is 2. The summed E-state index contributed by atoms with van der Waals surface area (Å²) >= 11 is 3.43. The van der Waals surface area contributed by atoms with E-state index in [2.05, 4.69) is 21.2 Å². The van der Waals surface area contributed by atoms with Gasteiger partial charge in [0.25, 0.3) is 5.91 Å². The van der Waals surface area contributed by atoms with Crippen molar-refractivity contribution < 1.29 is 9.53 Å². The van der Waals surface area contributed by atoms with Crippen LogP contribution in [0.25, 0.3) is 0 Å². The van der Waals surface area contributed by atoms with Gasteiger partial charge in [0.1, 0.15) is 5.75 Å². The standard InChI is InChI=1S/C17H18BrNO2/c1-12-3-8-15(16(18)11-12)17(20)19-10-9-13-4-6-14(21-2)7-5-13/h3-8,11H,9-10H2,1-2H3,(H,19,20). The van der Waals surface area contributed by atoms with Crippen LogP contribution in [0.3, 0.4) is 0 Å². The van der Waals surface area contributed by atoms with Gasteiger partial charge in [-0.3, -0.25) is 4.79 Å². The van der Waals surface area contributed by atoms with E-state index in [1.54, 1.807) is 7.11 Å². The first-order chi connectivity index (χ1) is 10.1. The molecule has 0 radical (unpaired) electrons. The Balaban J connectivity index is 1.88. The van der Waals surface area contributed by atoms with Gasteiger partial charge in [0.05, 0.1) is 12.7 Å². The molecule has 0 bridgehead atoms. The van der Waals surface area contributed by atoms with Crippen molar-refractivity contribution >= 4 is 21.8 Å². The van der Waals surface area contributed by atoms with E-state index >= 15 is 0 Å². The van der Waals surface area contributed by atoms with Gasteiger partial charge in [-0.2, -0.15) is 0 Å². The highest BCUT2D eigenvalue weighted by molar-refractivity contribution is 9.10. The summed E-state index contributed by atoms with van der Waals surface area (Å²) in [5, 5.41) is 2.94. The minimum absolute atomic E-state index is 0.0598. The number of hydrogen-bond donors (Lipinski definition) is 1. The van der Waals surface area contributed by atoms with E-state index in [4.69, 9.17) is 4.74 Å². The Bertz CT molecular complexity index is 623. The topological polar surface area (TPSA) is 38.3 Å². The Morgan fingerprint density at radius 2 is 1.90 bits per heavy atom. The number of methoxy groups -OCH3 is 1. The van der Waals surface area contributed by atoms with Crippen LogP contribution >= 0.6 is 15.9 Å². The Labute approximate surface area is 133 Å². The van der Waals surface area contributed by atoms with Gasteiger partial charge in [-0.25, -0.2) is 0 Å². The molecule has 3 nitrogen and oxygen atoms in total. The van der Waals surface area contributed by atoms with Gasteiger partial charge in [-0.1, -0.05) is 18.2 Å². The molecule has 0 aromatic heterocycles. The largest absolute Gasteiger partial charge is 0.497 e. The lowest BCUT2D eigenvalue weighted by Crippen LogP contribution is -2.26. The van der Waals surface area contributed by atoms with Gasteiger partial charge >= 0.3 is 0 Å². The number of aryl methyl sites for hydroxylation is 1. The molecule has 0 saturated heterocycles. The van der Waals surface area contributed by atoms with Gasteiger partial charge in [0.2, 0.25) is 0 Å². The zero-order chi connectivity index (χ0) is 15.2. The average molecular weight is 348 g/mol. The number of benzene rings is 2. The molecule has 2 aromatic carbocycles. The predicted molar refractivity (Wildman–Crippen MR) is 87.9 cm³/mol. The number of ether oxygens (including phenoxy) is 1. The third-order valence-corrected chi connectivity index (χ3v) is 3.88. The molecule has 21 heavy (non-hydrogen) atoms. The molecule has 2 aromatic rings. The molecule has 0 aliphatic rings. The van der Waals surface area contributed by atoms with Crippen molar-refractivity contribution in [1.29, 1.82) is 0 Å². The number of rotatable bonds is 5. The highest BCUT2D eigenvalue weighted by Crippen LogP contribution is 2.18. The van der Waals surface area contributed by atoms with E-state index in [1.165, 1.54) is 5.56 Å². The van der Waals surface area contributed by atoms with Gasteiger partial charge in [-0.15, -0.1) is 0 Å². The number of carbonyl (C=O) groups excluding carboxylic acids is 1. The zero-order valence-electron chi connectivity index (χ0n) is 12.2. The summed E-state index contributed by atoms with van der Waals surface area (Å²) in [5.41, 5.74) is 2.95. The molecule has 0 aliphatic carbocycles. The lowest BCUT2D eigenvalue weighted by Gasteiger charge is -2.08. The van der Waals surface area contributed by atoms with E-state index in [9.17, 15) is 4.79 Å². The molecule has 1 N–H and O–H groups in total. The van der Waals surface area contributed by atoms with Crippen molar-refractivity contribution in [3.05, 3.63) is 63.6 Å². The van der Waals surface area contributed by atoms with Gasteiger partial charge in [0, 0.05) is 11.0 Å². The van der Waals surface area contributed by atoms with Gasteiger partial charge in [-0.05, 0) is 64.7 Å². The molecule has 4 heteroatoms. The van der Waals surface area contributed by atoms with Crippen LogP contribution in [0.15, 0.2) is 46.9 Å². The van der Waals surface area contributed by atoms with E-state index in [1.807, 2.05) is 49.4 Å². The third-order valence-electron chi connectivity index (χ3n) is 3.23. The molecule has 0 saturated carbocycles. The average Bonchev–Trinajstić information content (AvgIpc) is 2.47. The molecular weight excluding hydrogens is 330 g/mol. The summed E-state index contributed by atoms with van der Waals surface area (Å²) in [6.07, 6.45) is 0.791. The summed E-state index contributed by atoms with van der Waals surface area (Å²) in [6.45, 7) is 2.60. The Morgan fingerprint density at radius 3 is 2.52 bits per heavy atom. The summed E-state index contributed by atoms with van der Waals surface area (Å²) in [5.74, 6) is 0.779. The summed E-state index contributed by atoms with van der Waals surface area (Å²) < 4.78 is 5.94. The van der Waals surface area contributed by atoms with Crippen LogP contribution in [-0.2, 0) is 6.42 Å². The zero-order valence-corrected chi connectivity index (χ0v) is 13.7. The smallest absolute Gasteiger partial charge is 0.252 e. The molecule has 0 aliphatic heterocycles. The van der Waals surface area contributed by atoms with Crippen LogP contribution in [0.2, 0.25) is 0 Å². The van der Waals surface area contributed by atoms with E-state index < -0.39 is 0 Å². The fourth-order valence-corrected chi connectivity index (χ4v) is 2.69. The van der Waals surface area contributed by atoms with E-state index in [-0.39, 0.29) is 5.91 Å². The minimum Gasteiger partial charge on any atom is -0.497 e. The normalized spacial score (nSPS) is 10.2. The van der Waals surface area contributed by atoms with Crippen LogP contribution in [-0.4, -0.2) is 19.6 Å².